The van der Waals surface area contributed by atoms with Gasteiger partial charge in [0.1, 0.15) is 5.76 Å². The van der Waals surface area contributed by atoms with E-state index in [-0.39, 0.29) is 0 Å². The molecule has 2 aliphatic carbocycles. The van der Waals surface area contributed by atoms with E-state index in [0.717, 1.165) is 38.0 Å². The topological polar surface area (TPSA) is 34.3 Å². The average Bonchev–Trinajstić information content (AvgIpc) is 3.32. The van der Waals surface area contributed by atoms with E-state index in [1.165, 1.54) is 12.8 Å². The minimum atomic E-state index is 0.419. The summed E-state index contributed by atoms with van der Waals surface area (Å²) in [6.07, 6.45) is 8.97. The van der Waals surface area contributed by atoms with Gasteiger partial charge in [-0.05, 0) is 51.0 Å². The third-order valence-electron chi connectivity index (χ3n) is 5.10. The largest absolute Gasteiger partial charge is 0.489 e. The average molecular weight is 261 g/mol. The molecule has 19 heavy (non-hydrogen) atoms. The Balaban J connectivity index is 1.29. The highest BCUT2D eigenvalue weighted by molar-refractivity contribution is 5.04. The molecule has 3 nitrogen and oxygen atoms in total. The molecule has 0 spiro atoms. The van der Waals surface area contributed by atoms with Gasteiger partial charge < -0.3 is 14.2 Å². The number of epoxide rings is 2. The van der Waals surface area contributed by atoms with Gasteiger partial charge >= 0.3 is 0 Å². The second-order valence-electron chi connectivity index (χ2n) is 6.43. The van der Waals surface area contributed by atoms with Gasteiger partial charge in [-0.2, -0.15) is 0 Å². The highest BCUT2D eigenvalue weighted by Crippen LogP contribution is 2.43. The molecule has 4 rings (SSSR count). The zero-order chi connectivity index (χ0) is 12.8. The van der Waals surface area contributed by atoms with Crippen LogP contribution in [-0.4, -0.2) is 31.0 Å². The molecule has 4 aliphatic rings. The Bertz CT molecular complexity index is 412. The van der Waals surface area contributed by atoms with Gasteiger partial charge in [0.15, 0.2) is 0 Å². The molecule has 103 valence electrons. The Labute approximate surface area is 114 Å². The molecule has 0 amide bonds. The van der Waals surface area contributed by atoms with Gasteiger partial charge in [0, 0.05) is 5.92 Å². The Morgan fingerprint density at radius 2 is 1.74 bits per heavy atom. The zero-order valence-corrected chi connectivity index (χ0v) is 11.2. The summed E-state index contributed by atoms with van der Waals surface area (Å²) in [6.45, 7) is 6.41. The number of hydrogen-bond acceptors (Lipinski definition) is 3. The minimum absolute atomic E-state index is 0.419. The lowest BCUT2D eigenvalue weighted by Crippen LogP contribution is -2.21. The number of fused-ring (bicyclic) bond motifs is 2. The summed E-state index contributed by atoms with van der Waals surface area (Å²) >= 11 is 0. The van der Waals surface area contributed by atoms with Crippen LogP contribution in [0.4, 0.5) is 0 Å². The van der Waals surface area contributed by atoms with Gasteiger partial charge in [0.2, 0.25) is 0 Å². The monoisotopic (exact) mass is 261 g/mol. The SMILES string of the molecule is [CH]=C=C(OCC1CCC2OC2C1)C1CCC2OC2C1. The molecule has 4 fully saturated rings. The van der Waals surface area contributed by atoms with Crippen LogP contribution in [0.5, 0.6) is 0 Å². The Kier molecular flexibility index (Phi) is 2.95. The van der Waals surface area contributed by atoms with E-state index < -0.39 is 0 Å². The molecule has 0 aromatic carbocycles. The van der Waals surface area contributed by atoms with E-state index in [1.807, 2.05) is 0 Å². The molecule has 0 N–H and O–H groups in total. The summed E-state index contributed by atoms with van der Waals surface area (Å²) in [5.41, 5.74) is 2.78. The van der Waals surface area contributed by atoms with E-state index in [1.54, 1.807) is 0 Å². The fraction of sp³-hybridized carbons (Fsp3) is 0.812. The highest BCUT2D eigenvalue weighted by atomic mass is 16.6. The molecule has 2 aliphatic heterocycles. The van der Waals surface area contributed by atoms with Crippen molar-refractivity contribution in [3.63, 3.8) is 0 Å². The minimum Gasteiger partial charge on any atom is -0.489 e. The molecule has 2 saturated carbocycles. The van der Waals surface area contributed by atoms with E-state index in [4.69, 9.17) is 20.8 Å². The number of rotatable bonds is 4. The second-order valence-corrected chi connectivity index (χ2v) is 6.43. The molecule has 2 saturated heterocycles. The molecule has 0 bridgehead atoms. The molecule has 0 aromatic heterocycles. The van der Waals surface area contributed by atoms with Crippen molar-refractivity contribution in [3.8, 4) is 0 Å². The predicted molar refractivity (Wildman–Crippen MR) is 69.3 cm³/mol. The van der Waals surface area contributed by atoms with Gasteiger partial charge in [0.05, 0.1) is 31.0 Å². The number of hydrogen-bond donors (Lipinski definition) is 0. The van der Waals surface area contributed by atoms with Gasteiger partial charge in [-0.25, -0.2) is 0 Å². The Morgan fingerprint density at radius 3 is 2.42 bits per heavy atom. The first-order chi connectivity index (χ1) is 9.33. The summed E-state index contributed by atoms with van der Waals surface area (Å²) in [7, 11) is 0. The summed E-state index contributed by atoms with van der Waals surface area (Å²) in [6, 6.07) is 0. The standard InChI is InChI=1S/C16H21O3/c1-2-12(11-4-6-14-16(8-11)19-14)17-9-10-3-5-13-15(7-10)18-13/h1,10-11,13-16H,3-9H2. The van der Waals surface area contributed by atoms with Gasteiger partial charge in [0.25, 0.3) is 0 Å². The first kappa shape index (κ1) is 12.0. The molecular weight excluding hydrogens is 240 g/mol. The number of ether oxygens (including phenoxy) is 3. The van der Waals surface area contributed by atoms with Crippen molar-refractivity contribution in [1.82, 2.24) is 0 Å². The summed E-state index contributed by atoms with van der Waals surface area (Å²) in [5.74, 6) is 1.91. The van der Waals surface area contributed by atoms with Crippen LogP contribution in [0.25, 0.3) is 0 Å². The lowest BCUT2D eigenvalue weighted by atomic mass is 9.87. The maximum absolute atomic E-state index is 5.97. The molecular formula is C16H21O3. The van der Waals surface area contributed by atoms with Gasteiger partial charge in [-0.1, -0.05) is 5.73 Å². The normalized spacial score (nSPS) is 46.5. The van der Waals surface area contributed by atoms with Crippen LogP contribution < -0.4 is 0 Å². The molecule has 1 radical (unpaired) electrons. The van der Waals surface area contributed by atoms with Crippen LogP contribution >= 0.6 is 0 Å². The quantitative estimate of drug-likeness (QED) is 0.443. The van der Waals surface area contributed by atoms with Crippen molar-refractivity contribution in [3.05, 3.63) is 18.1 Å². The van der Waals surface area contributed by atoms with E-state index >= 15 is 0 Å². The van der Waals surface area contributed by atoms with Crippen molar-refractivity contribution < 1.29 is 14.2 Å². The van der Waals surface area contributed by atoms with Gasteiger partial charge in [-0.15, -0.1) is 0 Å². The second kappa shape index (κ2) is 4.66. The zero-order valence-electron chi connectivity index (χ0n) is 11.2. The van der Waals surface area contributed by atoms with E-state index in [0.29, 0.717) is 36.3 Å². The first-order valence-corrected chi connectivity index (χ1v) is 7.60. The van der Waals surface area contributed by atoms with Crippen LogP contribution in [0.3, 0.4) is 0 Å². The molecule has 3 heteroatoms. The fourth-order valence-electron chi connectivity index (χ4n) is 3.77. The molecule has 6 atom stereocenters. The summed E-state index contributed by atoms with van der Waals surface area (Å²) in [5, 5.41) is 0. The summed E-state index contributed by atoms with van der Waals surface area (Å²) < 4.78 is 17.1. The van der Waals surface area contributed by atoms with Crippen LogP contribution in [0.2, 0.25) is 0 Å². The lowest BCUT2D eigenvalue weighted by Gasteiger charge is -2.24. The van der Waals surface area contributed by atoms with E-state index in [9.17, 15) is 0 Å². The van der Waals surface area contributed by atoms with Crippen molar-refractivity contribution >= 4 is 0 Å². The highest BCUT2D eigenvalue weighted by Gasteiger charge is 2.46. The molecule has 2 heterocycles. The number of allylic oxidation sites excluding steroid dienone is 1. The Hall–Kier alpha value is -0.760. The summed E-state index contributed by atoms with van der Waals surface area (Å²) in [4.78, 5) is 0. The van der Waals surface area contributed by atoms with E-state index in [2.05, 4.69) is 5.73 Å². The molecule has 0 aromatic rings. The molecule has 6 unspecified atom stereocenters. The third kappa shape index (κ3) is 2.47. The Morgan fingerprint density at radius 1 is 1.00 bits per heavy atom. The first-order valence-electron chi connectivity index (χ1n) is 7.60. The predicted octanol–water partition coefficient (Wildman–Crippen LogP) is 2.61. The van der Waals surface area contributed by atoms with Crippen LogP contribution in [0, 0.1) is 18.4 Å². The third-order valence-corrected chi connectivity index (χ3v) is 5.10. The van der Waals surface area contributed by atoms with Crippen LogP contribution in [0.1, 0.15) is 38.5 Å². The maximum atomic E-state index is 5.97. The smallest absolute Gasteiger partial charge is 0.141 e. The lowest BCUT2D eigenvalue weighted by molar-refractivity contribution is 0.117. The van der Waals surface area contributed by atoms with Crippen molar-refractivity contribution in [2.75, 3.05) is 6.61 Å². The van der Waals surface area contributed by atoms with Crippen molar-refractivity contribution in [2.45, 2.75) is 62.9 Å². The van der Waals surface area contributed by atoms with Crippen LogP contribution in [0.15, 0.2) is 11.5 Å². The van der Waals surface area contributed by atoms with Gasteiger partial charge in [-0.3, -0.25) is 0 Å². The fourth-order valence-corrected chi connectivity index (χ4v) is 3.77. The van der Waals surface area contributed by atoms with Crippen molar-refractivity contribution in [1.29, 1.82) is 0 Å². The van der Waals surface area contributed by atoms with Crippen LogP contribution in [-0.2, 0) is 14.2 Å². The maximum Gasteiger partial charge on any atom is 0.141 e. The van der Waals surface area contributed by atoms with Crippen molar-refractivity contribution in [2.24, 2.45) is 11.8 Å².